The zero-order chi connectivity index (χ0) is 20.2. The summed E-state index contributed by atoms with van der Waals surface area (Å²) in [5, 5.41) is 4.14. The van der Waals surface area contributed by atoms with Gasteiger partial charge in [-0.2, -0.15) is 5.10 Å². The van der Waals surface area contributed by atoms with E-state index in [1.54, 1.807) is 13.1 Å². The molecule has 0 atom stereocenters. The molecule has 2 aromatic heterocycles. The Kier molecular flexibility index (Phi) is 5.59. The molecule has 4 rings (SSSR count). The SMILES string of the molecule is CCOC(=O)Cn1ncc2nc(N3CCCCC3)n(Cc3ccccc3)c2c1=O. The van der Waals surface area contributed by atoms with Crippen molar-refractivity contribution < 1.29 is 9.53 Å². The third-order valence-corrected chi connectivity index (χ3v) is 5.14. The highest BCUT2D eigenvalue weighted by Crippen LogP contribution is 2.24. The standard InChI is InChI=1S/C21H25N5O3/c1-2-29-18(27)15-26-20(28)19-17(13-22-26)23-21(24-11-7-4-8-12-24)25(19)14-16-9-5-3-6-10-16/h3,5-6,9-10,13H,2,4,7-8,11-12,14-15H2,1H3. The van der Waals surface area contributed by atoms with Gasteiger partial charge in [0, 0.05) is 13.1 Å². The predicted molar refractivity (Wildman–Crippen MR) is 110 cm³/mol. The van der Waals surface area contributed by atoms with Crippen molar-refractivity contribution in [2.45, 2.75) is 39.3 Å². The monoisotopic (exact) mass is 395 g/mol. The molecule has 0 radical (unpaired) electrons. The third kappa shape index (κ3) is 4.01. The van der Waals surface area contributed by atoms with E-state index < -0.39 is 5.97 Å². The summed E-state index contributed by atoms with van der Waals surface area (Å²) in [6.45, 7) is 4.16. The van der Waals surface area contributed by atoms with Crippen molar-refractivity contribution in [2.75, 3.05) is 24.6 Å². The number of aromatic nitrogens is 4. The van der Waals surface area contributed by atoms with Gasteiger partial charge in [0.15, 0.2) is 0 Å². The van der Waals surface area contributed by atoms with E-state index in [1.165, 1.54) is 6.42 Å². The Morgan fingerprint density at radius 1 is 1.14 bits per heavy atom. The van der Waals surface area contributed by atoms with Crippen LogP contribution < -0.4 is 10.5 Å². The maximum absolute atomic E-state index is 13.2. The number of carbonyl (C=O) groups excluding carboxylic acids is 1. The smallest absolute Gasteiger partial charge is 0.327 e. The second kappa shape index (κ2) is 8.46. The predicted octanol–water partition coefficient (Wildman–Crippen LogP) is 2.19. The molecule has 0 aliphatic carbocycles. The lowest BCUT2D eigenvalue weighted by molar-refractivity contribution is -0.144. The molecule has 0 unspecified atom stereocenters. The summed E-state index contributed by atoms with van der Waals surface area (Å²) in [4.78, 5) is 32.0. The Bertz CT molecular complexity index is 1050. The molecule has 29 heavy (non-hydrogen) atoms. The molecule has 1 aromatic carbocycles. The van der Waals surface area contributed by atoms with E-state index >= 15 is 0 Å². The molecule has 8 heteroatoms. The minimum absolute atomic E-state index is 0.210. The van der Waals surface area contributed by atoms with E-state index in [0.29, 0.717) is 17.6 Å². The summed E-state index contributed by atoms with van der Waals surface area (Å²) in [6.07, 6.45) is 4.99. The number of nitrogens with zero attached hydrogens (tertiary/aromatic N) is 5. The molecule has 3 heterocycles. The van der Waals surface area contributed by atoms with E-state index in [1.807, 2.05) is 34.9 Å². The second-order valence-corrected chi connectivity index (χ2v) is 7.18. The summed E-state index contributed by atoms with van der Waals surface area (Å²) >= 11 is 0. The van der Waals surface area contributed by atoms with Crippen molar-refractivity contribution in [3.8, 4) is 0 Å². The third-order valence-electron chi connectivity index (χ3n) is 5.14. The summed E-state index contributed by atoms with van der Waals surface area (Å²) < 4.78 is 8.09. The van der Waals surface area contributed by atoms with Crippen LogP contribution in [0.25, 0.3) is 11.0 Å². The van der Waals surface area contributed by atoms with Gasteiger partial charge in [0.05, 0.1) is 19.3 Å². The van der Waals surface area contributed by atoms with Crippen molar-refractivity contribution in [2.24, 2.45) is 0 Å². The molecule has 1 aliphatic rings. The van der Waals surface area contributed by atoms with Crippen LogP contribution in [0.3, 0.4) is 0 Å². The number of ether oxygens (including phenoxy) is 1. The minimum atomic E-state index is -0.480. The van der Waals surface area contributed by atoms with E-state index in [2.05, 4.69) is 10.00 Å². The van der Waals surface area contributed by atoms with Gasteiger partial charge >= 0.3 is 5.97 Å². The highest BCUT2D eigenvalue weighted by atomic mass is 16.5. The van der Waals surface area contributed by atoms with Gasteiger partial charge in [-0.3, -0.25) is 9.59 Å². The average molecular weight is 395 g/mol. The minimum Gasteiger partial charge on any atom is -0.465 e. The Balaban J connectivity index is 1.81. The van der Waals surface area contributed by atoms with Crippen LogP contribution in [0.1, 0.15) is 31.7 Å². The number of piperidine rings is 1. The van der Waals surface area contributed by atoms with Crippen LogP contribution >= 0.6 is 0 Å². The van der Waals surface area contributed by atoms with E-state index in [0.717, 1.165) is 42.1 Å². The Morgan fingerprint density at radius 3 is 2.62 bits per heavy atom. The van der Waals surface area contributed by atoms with Crippen molar-refractivity contribution in [3.05, 3.63) is 52.4 Å². The number of rotatable bonds is 6. The van der Waals surface area contributed by atoms with Gasteiger partial charge in [0.2, 0.25) is 5.95 Å². The highest BCUT2D eigenvalue weighted by molar-refractivity contribution is 5.78. The van der Waals surface area contributed by atoms with Gasteiger partial charge in [-0.25, -0.2) is 9.67 Å². The largest absolute Gasteiger partial charge is 0.465 e. The van der Waals surface area contributed by atoms with Crippen LogP contribution in [0.15, 0.2) is 41.3 Å². The molecule has 8 nitrogen and oxygen atoms in total. The maximum atomic E-state index is 13.2. The van der Waals surface area contributed by atoms with Crippen molar-refractivity contribution >= 4 is 23.0 Å². The summed E-state index contributed by atoms with van der Waals surface area (Å²) in [5.74, 6) is 0.308. The number of carbonyl (C=O) groups is 1. The first-order chi connectivity index (χ1) is 14.2. The molecular weight excluding hydrogens is 370 g/mol. The molecule has 1 aliphatic heterocycles. The van der Waals surface area contributed by atoms with E-state index in [4.69, 9.17) is 9.72 Å². The van der Waals surface area contributed by atoms with Gasteiger partial charge in [-0.15, -0.1) is 0 Å². The zero-order valence-electron chi connectivity index (χ0n) is 16.6. The number of anilines is 1. The van der Waals surface area contributed by atoms with E-state index in [9.17, 15) is 9.59 Å². The number of imidazole rings is 1. The molecule has 0 spiro atoms. The zero-order valence-corrected chi connectivity index (χ0v) is 16.6. The normalized spacial score (nSPS) is 14.3. The van der Waals surface area contributed by atoms with E-state index in [-0.39, 0.29) is 18.7 Å². The fourth-order valence-corrected chi connectivity index (χ4v) is 3.77. The fourth-order valence-electron chi connectivity index (χ4n) is 3.77. The molecule has 152 valence electrons. The van der Waals surface area contributed by atoms with Gasteiger partial charge in [-0.05, 0) is 31.7 Å². The van der Waals surface area contributed by atoms with Crippen LogP contribution in [-0.2, 0) is 22.6 Å². The number of hydrogen-bond donors (Lipinski definition) is 0. The molecule has 1 fully saturated rings. The molecule has 1 saturated heterocycles. The first-order valence-corrected chi connectivity index (χ1v) is 10.1. The lowest BCUT2D eigenvalue weighted by atomic mass is 10.1. The summed E-state index contributed by atoms with van der Waals surface area (Å²) in [7, 11) is 0. The number of benzene rings is 1. The molecule has 3 aromatic rings. The first kappa shape index (κ1) is 19.2. The lowest BCUT2D eigenvalue weighted by Crippen LogP contribution is -2.33. The highest BCUT2D eigenvalue weighted by Gasteiger charge is 2.22. The van der Waals surface area contributed by atoms with Crippen LogP contribution in [0.2, 0.25) is 0 Å². The van der Waals surface area contributed by atoms with Crippen molar-refractivity contribution in [1.29, 1.82) is 0 Å². The van der Waals surface area contributed by atoms with Gasteiger partial charge in [-0.1, -0.05) is 30.3 Å². The van der Waals surface area contributed by atoms with Crippen LogP contribution in [0.5, 0.6) is 0 Å². The van der Waals surface area contributed by atoms with Gasteiger partial charge in [0.1, 0.15) is 17.6 Å². The Labute approximate surface area is 168 Å². The average Bonchev–Trinajstić information content (AvgIpc) is 3.11. The molecular formula is C21H25N5O3. The van der Waals surface area contributed by atoms with Crippen molar-refractivity contribution in [1.82, 2.24) is 19.3 Å². The first-order valence-electron chi connectivity index (χ1n) is 10.1. The molecule has 0 saturated carbocycles. The molecule has 0 bridgehead atoms. The van der Waals surface area contributed by atoms with Crippen LogP contribution in [0.4, 0.5) is 5.95 Å². The summed E-state index contributed by atoms with van der Waals surface area (Å²) in [6, 6.07) is 10.00. The number of fused-ring (bicyclic) bond motifs is 1. The van der Waals surface area contributed by atoms with Crippen LogP contribution in [-0.4, -0.2) is 45.0 Å². The molecule has 0 amide bonds. The lowest BCUT2D eigenvalue weighted by Gasteiger charge is -2.28. The Morgan fingerprint density at radius 2 is 1.90 bits per heavy atom. The molecule has 0 N–H and O–H groups in total. The van der Waals surface area contributed by atoms with Gasteiger partial charge in [0.25, 0.3) is 5.56 Å². The summed E-state index contributed by atoms with van der Waals surface area (Å²) in [5.41, 5.74) is 1.76. The number of esters is 1. The van der Waals surface area contributed by atoms with Crippen molar-refractivity contribution in [3.63, 3.8) is 0 Å². The topological polar surface area (TPSA) is 82.2 Å². The second-order valence-electron chi connectivity index (χ2n) is 7.18. The van der Waals surface area contributed by atoms with Gasteiger partial charge < -0.3 is 14.2 Å². The quantitative estimate of drug-likeness (QED) is 0.595. The fraction of sp³-hybridized carbons (Fsp3) is 0.429. The van der Waals surface area contributed by atoms with Crippen LogP contribution in [0, 0.1) is 0 Å². The maximum Gasteiger partial charge on any atom is 0.327 e. The number of hydrogen-bond acceptors (Lipinski definition) is 6. The Hall–Kier alpha value is -3.16.